The second kappa shape index (κ2) is 4.71. The molecule has 2 heterocycles. The predicted molar refractivity (Wildman–Crippen MR) is 75.2 cm³/mol. The minimum absolute atomic E-state index is 0.167. The van der Waals surface area contributed by atoms with E-state index in [0.717, 1.165) is 30.6 Å². The molecule has 0 unspecified atom stereocenters. The Hall–Kier alpha value is -1.39. The zero-order valence-corrected chi connectivity index (χ0v) is 11.2. The number of hydrogen-bond donors (Lipinski definition) is 1. The van der Waals surface area contributed by atoms with Crippen LogP contribution < -0.4 is 5.32 Å². The zero-order chi connectivity index (χ0) is 12.5. The van der Waals surface area contributed by atoms with E-state index in [1.54, 1.807) is 11.3 Å². The Balaban J connectivity index is 1.92. The van der Waals surface area contributed by atoms with Crippen LogP contribution in [0.3, 0.4) is 0 Å². The molecule has 0 aliphatic carbocycles. The Labute approximate surface area is 110 Å². The SMILES string of the molecule is C[C@@H]1CN(C(=O)c2csc3ccccc23)CCN1. The molecule has 0 radical (unpaired) electrons. The van der Waals surface area contributed by atoms with E-state index in [-0.39, 0.29) is 5.91 Å². The third kappa shape index (κ3) is 2.02. The fourth-order valence-corrected chi connectivity index (χ4v) is 3.37. The van der Waals surface area contributed by atoms with E-state index in [4.69, 9.17) is 0 Å². The lowest BCUT2D eigenvalue weighted by molar-refractivity contribution is 0.0711. The standard InChI is InChI=1S/C14H16N2OS/c1-10-8-16(7-6-15-10)14(17)12-9-18-13-5-3-2-4-11(12)13/h2-5,9-10,15H,6-8H2,1H3/t10-/m1/s1. The summed E-state index contributed by atoms with van der Waals surface area (Å²) in [6.07, 6.45) is 0. The molecule has 0 spiro atoms. The van der Waals surface area contributed by atoms with Gasteiger partial charge in [-0.3, -0.25) is 4.79 Å². The van der Waals surface area contributed by atoms with Crippen molar-refractivity contribution in [2.24, 2.45) is 0 Å². The largest absolute Gasteiger partial charge is 0.336 e. The summed E-state index contributed by atoms with van der Waals surface area (Å²) < 4.78 is 1.18. The van der Waals surface area contributed by atoms with Crippen molar-refractivity contribution in [1.82, 2.24) is 10.2 Å². The molecule has 1 aliphatic rings. The van der Waals surface area contributed by atoms with Gasteiger partial charge in [-0.2, -0.15) is 0 Å². The molecule has 0 saturated carbocycles. The van der Waals surface area contributed by atoms with Gasteiger partial charge in [0.2, 0.25) is 0 Å². The average Bonchev–Trinajstić information content (AvgIpc) is 2.82. The van der Waals surface area contributed by atoms with Crippen LogP contribution in [0, 0.1) is 0 Å². The Bertz CT molecular complexity index is 578. The van der Waals surface area contributed by atoms with Crippen LogP contribution >= 0.6 is 11.3 Å². The van der Waals surface area contributed by atoms with Gasteiger partial charge in [-0.05, 0) is 13.0 Å². The summed E-state index contributed by atoms with van der Waals surface area (Å²) in [6, 6.07) is 8.49. The second-order valence-electron chi connectivity index (χ2n) is 4.75. The number of benzene rings is 1. The van der Waals surface area contributed by atoms with Crippen molar-refractivity contribution in [1.29, 1.82) is 0 Å². The van der Waals surface area contributed by atoms with E-state index in [1.165, 1.54) is 4.70 Å². The molecule has 3 rings (SSSR count). The zero-order valence-electron chi connectivity index (χ0n) is 10.3. The number of nitrogens with zero attached hydrogens (tertiary/aromatic N) is 1. The Morgan fingerprint density at radius 3 is 3.11 bits per heavy atom. The molecule has 1 N–H and O–H groups in total. The van der Waals surface area contributed by atoms with Crippen LogP contribution in [0.5, 0.6) is 0 Å². The van der Waals surface area contributed by atoms with E-state index < -0.39 is 0 Å². The fourth-order valence-electron chi connectivity index (χ4n) is 2.43. The first-order chi connectivity index (χ1) is 8.75. The van der Waals surface area contributed by atoms with Crippen LogP contribution in [0.15, 0.2) is 29.6 Å². The Morgan fingerprint density at radius 1 is 1.44 bits per heavy atom. The van der Waals surface area contributed by atoms with E-state index >= 15 is 0 Å². The van der Waals surface area contributed by atoms with Gasteiger partial charge in [0.15, 0.2) is 0 Å². The maximum Gasteiger partial charge on any atom is 0.255 e. The average molecular weight is 260 g/mol. The summed E-state index contributed by atoms with van der Waals surface area (Å²) in [5.41, 5.74) is 0.852. The summed E-state index contributed by atoms with van der Waals surface area (Å²) in [5, 5.41) is 6.43. The van der Waals surface area contributed by atoms with Gasteiger partial charge in [-0.25, -0.2) is 0 Å². The number of piperazine rings is 1. The van der Waals surface area contributed by atoms with Crippen molar-refractivity contribution < 1.29 is 4.79 Å². The summed E-state index contributed by atoms with van der Waals surface area (Å²) in [7, 11) is 0. The first kappa shape index (κ1) is 11.7. The smallest absolute Gasteiger partial charge is 0.255 e. The molecule has 18 heavy (non-hydrogen) atoms. The normalized spacial score (nSPS) is 20.3. The van der Waals surface area contributed by atoms with Gasteiger partial charge in [0.05, 0.1) is 5.56 Å². The molecule has 1 saturated heterocycles. The highest BCUT2D eigenvalue weighted by Crippen LogP contribution is 2.26. The highest BCUT2D eigenvalue weighted by molar-refractivity contribution is 7.17. The minimum atomic E-state index is 0.167. The second-order valence-corrected chi connectivity index (χ2v) is 5.66. The van der Waals surface area contributed by atoms with Crippen molar-refractivity contribution in [3.63, 3.8) is 0 Å². The molecular weight excluding hydrogens is 244 g/mol. The topological polar surface area (TPSA) is 32.3 Å². The van der Waals surface area contributed by atoms with Crippen LogP contribution in [-0.2, 0) is 0 Å². The van der Waals surface area contributed by atoms with Crippen LogP contribution in [0.2, 0.25) is 0 Å². The number of nitrogens with one attached hydrogen (secondary N) is 1. The lowest BCUT2D eigenvalue weighted by Crippen LogP contribution is -2.51. The molecule has 1 aromatic heterocycles. The van der Waals surface area contributed by atoms with E-state index in [9.17, 15) is 4.79 Å². The van der Waals surface area contributed by atoms with E-state index in [2.05, 4.69) is 18.3 Å². The number of thiophene rings is 1. The number of amides is 1. The predicted octanol–water partition coefficient (Wildman–Crippen LogP) is 2.34. The van der Waals surface area contributed by atoms with Crippen molar-refractivity contribution in [2.45, 2.75) is 13.0 Å². The van der Waals surface area contributed by atoms with Crippen molar-refractivity contribution in [3.8, 4) is 0 Å². The minimum Gasteiger partial charge on any atom is -0.336 e. The summed E-state index contributed by atoms with van der Waals surface area (Å²) in [6.45, 7) is 4.59. The first-order valence-corrected chi connectivity index (χ1v) is 7.12. The van der Waals surface area contributed by atoms with Crippen molar-refractivity contribution in [2.75, 3.05) is 19.6 Å². The van der Waals surface area contributed by atoms with Crippen molar-refractivity contribution >= 4 is 27.3 Å². The lowest BCUT2D eigenvalue weighted by Gasteiger charge is -2.31. The molecule has 2 aromatic rings. The molecule has 3 nitrogen and oxygen atoms in total. The van der Waals surface area contributed by atoms with Crippen LogP contribution in [0.1, 0.15) is 17.3 Å². The fraction of sp³-hybridized carbons (Fsp3) is 0.357. The quantitative estimate of drug-likeness (QED) is 0.853. The molecule has 94 valence electrons. The molecule has 1 atom stereocenters. The van der Waals surface area contributed by atoms with Gasteiger partial charge in [0.25, 0.3) is 5.91 Å². The van der Waals surface area contributed by atoms with Crippen LogP contribution in [-0.4, -0.2) is 36.5 Å². The Morgan fingerprint density at radius 2 is 2.28 bits per heavy atom. The monoisotopic (exact) mass is 260 g/mol. The molecular formula is C14H16N2OS. The summed E-state index contributed by atoms with van der Waals surface area (Å²) in [5.74, 6) is 0.167. The highest BCUT2D eigenvalue weighted by Gasteiger charge is 2.23. The van der Waals surface area contributed by atoms with Crippen LogP contribution in [0.25, 0.3) is 10.1 Å². The number of fused-ring (bicyclic) bond motifs is 1. The number of carbonyl (C=O) groups is 1. The molecule has 1 amide bonds. The molecule has 1 aliphatic heterocycles. The van der Waals surface area contributed by atoms with Gasteiger partial charge in [0, 0.05) is 41.1 Å². The molecule has 1 aromatic carbocycles. The van der Waals surface area contributed by atoms with E-state index in [0.29, 0.717) is 6.04 Å². The molecule has 4 heteroatoms. The third-order valence-electron chi connectivity index (χ3n) is 3.37. The molecule has 1 fully saturated rings. The number of carbonyl (C=O) groups excluding carboxylic acids is 1. The van der Waals surface area contributed by atoms with Gasteiger partial charge in [0.1, 0.15) is 0 Å². The number of hydrogen-bond acceptors (Lipinski definition) is 3. The van der Waals surface area contributed by atoms with Gasteiger partial charge < -0.3 is 10.2 Å². The van der Waals surface area contributed by atoms with Crippen molar-refractivity contribution in [3.05, 3.63) is 35.2 Å². The van der Waals surface area contributed by atoms with Gasteiger partial charge in [-0.1, -0.05) is 18.2 Å². The highest BCUT2D eigenvalue weighted by atomic mass is 32.1. The lowest BCUT2D eigenvalue weighted by atomic mass is 10.1. The maximum atomic E-state index is 12.5. The summed E-state index contributed by atoms with van der Waals surface area (Å²) >= 11 is 1.64. The maximum absolute atomic E-state index is 12.5. The third-order valence-corrected chi connectivity index (χ3v) is 4.33. The first-order valence-electron chi connectivity index (χ1n) is 6.24. The number of rotatable bonds is 1. The van der Waals surface area contributed by atoms with Crippen LogP contribution in [0.4, 0.5) is 0 Å². The summed E-state index contributed by atoms with van der Waals surface area (Å²) in [4.78, 5) is 14.5. The van der Waals surface area contributed by atoms with Gasteiger partial charge in [-0.15, -0.1) is 11.3 Å². The van der Waals surface area contributed by atoms with E-state index in [1.807, 2.05) is 28.5 Å². The van der Waals surface area contributed by atoms with Gasteiger partial charge >= 0.3 is 0 Å². The molecule has 0 bridgehead atoms. The Kier molecular flexibility index (Phi) is 3.06.